The number of nitrogens with zero attached hydrogens (tertiary/aromatic N) is 1. The van der Waals surface area contributed by atoms with E-state index in [1.54, 1.807) is 12.1 Å². The van der Waals surface area contributed by atoms with Crippen molar-refractivity contribution in [1.82, 2.24) is 10.2 Å². The van der Waals surface area contributed by atoms with Crippen LogP contribution < -0.4 is 10.1 Å². The molecule has 1 atom stereocenters. The number of rotatable bonds is 10. The molecule has 1 amide bonds. The van der Waals surface area contributed by atoms with Gasteiger partial charge in [0.05, 0.1) is 30.8 Å². The zero-order valence-corrected chi connectivity index (χ0v) is 21.4. The molecule has 3 aromatic rings. The molecule has 36 heavy (non-hydrogen) atoms. The van der Waals surface area contributed by atoms with Crippen molar-refractivity contribution in [2.45, 2.75) is 36.3 Å². The maximum absolute atomic E-state index is 12.9. The van der Waals surface area contributed by atoms with E-state index in [4.69, 9.17) is 13.9 Å². The third kappa shape index (κ3) is 6.16. The van der Waals surface area contributed by atoms with Crippen molar-refractivity contribution in [2.75, 3.05) is 39.5 Å². The Labute approximate surface area is 212 Å². The average Bonchev–Trinajstić information content (AvgIpc) is 3.41. The van der Waals surface area contributed by atoms with Gasteiger partial charge in [0, 0.05) is 19.6 Å². The first-order valence-electron chi connectivity index (χ1n) is 12.1. The van der Waals surface area contributed by atoms with Gasteiger partial charge in [0.25, 0.3) is 5.91 Å². The Morgan fingerprint density at radius 1 is 1.03 bits per heavy atom. The molecule has 0 spiro atoms. The number of morpholine rings is 1. The molecule has 8 nitrogen and oxygen atoms in total. The van der Waals surface area contributed by atoms with Gasteiger partial charge in [-0.15, -0.1) is 0 Å². The Morgan fingerprint density at radius 2 is 1.72 bits per heavy atom. The lowest BCUT2D eigenvalue weighted by Gasteiger charge is -2.35. The predicted molar refractivity (Wildman–Crippen MR) is 135 cm³/mol. The number of carbonyl (C=O) groups excluding carboxylic acids is 1. The zero-order valence-electron chi connectivity index (χ0n) is 20.6. The lowest BCUT2D eigenvalue weighted by atomic mass is 10.0. The molecule has 0 bridgehead atoms. The molecular weight excluding hydrogens is 480 g/mol. The molecule has 0 aliphatic carbocycles. The van der Waals surface area contributed by atoms with Crippen molar-refractivity contribution in [3.05, 3.63) is 77.6 Å². The quantitative estimate of drug-likeness (QED) is 0.438. The number of hydrogen-bond acceptors (Lipinski definition) is 7. The molecule has 1 saturated heterocycles. The SMILES string of the molecule is CCCOc1ccc(C(CNC(=O)c2ccc(S(=O)(=O)c3ccc(C)cc3)o2)N2CCOCC2)cc1. The predicted octanol–water partition coefficient (Wildman–Crippen LogP) is 4.01. The number of aryl methyl sites for hydroxylation is 1. The number of furan rings is 1. The van der Waals surface area contributed by atoms with Crippen molar-refractivity contribution in [3.8, 4) is 5.75 Å². The van der Waals surface area contributed by atoms with Crippen LogP contribution in [-0.4, -0.2) is 58.7 Å². The molecule has 1 fully saturated rings. The standard InChI is InChI=1S/C27H32N2O6S/c1-3-16-34-22-8-6-21(7-9-22)24(29-14-17-33-18-15-29)19-28-27(30)25-12-13-26(35-25)36(31,32)23-10-4-20(2)5-11-23/h4-13,24H,3,14-19H2,1-2H3,(H,28,30). The van der Waals surface area contributed by atoms with E-state index in [0.29, 0.717) is 26.4 Å². The number of benzene rings is 2. The summed E-state index contributed by atoms with van der Waals surface area (Å²) >= 11 is 0. The molecule has 1 aliphatic heterocycles. The van der Waals surface area contributed by atoms with Crippen molar-refractivity contribution < 1.29 is 27.1 Å². The van der Waals surface area contributed by atoms with E-state index in [1.165, 1.54) is 24.3 Å². The highest BCUT2D eigenvalue weighted by molar-refractivity contribution is 7.91. The topological polar surface area (TPSA) is 98.1 Å². The van der Waals surface area contributed by atoms with E-state index in [2.05, 4.69) is 17.1 Å². The summed E-state index contributed by atoms with van der Waals surface area (Å²) in [5, 5.41) is 2.65. The van der Waals surface area contributed by atoms with Gasteiger partial charge in [-0.05, 0) is 55.3 Å². The summed E-state index contributed by atoms with van der Waals surface area (Å²) in [6.45, 7) is 7.67. The summed E-state index contributed by atoms with van der Waals surface area (Å²) in [4.78, 5) is 15.3. The second-order valence-corrected chi connectivity index (χ2v) is 10.6. The number of carbonyl (C=O) groups is 1. The smallest absolute Gasteiger partial charge is 0.287 e. The third-order valence-electron chi connectivity index (χ3n) is 6.08. The van der Waals surface area contributed by atoms with E-state index in [0.717, 1.165) is 36.4 Å². The van der Waals surface area contributed by atoms with Crippen molar-refractivity contribution >= 4 is 15.7 Å². The van der Waals surface area contributed by atoms with Gasteiger partial charge in [0.1, 0.15) is 5.75 Å². The lowest BCUT2D eigenvalue weighted by molar-refractivity contribution is 0.0161. The van der Waals surface area contributed by atoms with Gasteiger partial charge in [-0.1, -0.05) is 36.8 Å². The first-order chi connectivity index (χ1) is 17.4. The van der Waals surface area contributed by atoms with E-state index < -0.39 is 15.7 Å². The first kappa shape index (κ1) is 25.9. The fraction of sp³-hybridized carbons (Fsp3) is 0.370. The second kappa shape index (κ2) is 11.7. The minimum atomic E-state index is -3.85. The van der Waals surface area contributed by atoms with Crippen LogP contribution in [0.5, 0.6) is 5.75 Å². The van der Waals surface area contributed by atoms with Crippen LogP contribution in [0, 0.1) is 6.92 Å². The van der Waals surface area contributed by atoms with Crippen LogP contribution in [0.4, 0.5) is 0 Å². The van der Waals surface area contributed by atoms with Crippen LogP contribution in [0.3, 0.4) is 0 Å². The number of ether oxygens (including phenoxy) is 2. The summed E-state index contributed by atoms with van der Waals surface area (Å²) in [5.41, 5.74) is 1.99. The van der Waals surface area contributed by atoms with Gasteiger partial charge in [0.2, 0.25) is 14.9 Å². The Bertz CT molecular complexity index is 1250. The van der Waals surface area contributed by atoms with Gasteiger partial charge < -0.3 is 19.2 Å². The van der Waals surface area contributed by atoms with Gasteiger partial charge in [-0.3, -0.25) is 9.69 Å². The van der Waals surface area contributed by atoms with Crippen molar-refractivity contribution in [2.24, 2.45) is 0 Å². The molecule has 1 N–H and O–H groups in total. The molecule has 0 radical (unpaired) electrons. The molecule has 192 valence electrons. The summed E-state index contributed by atoms with van der Waals surface area (Å²) in [6.07, 6.45) is 0.936. The minimum Gasteiger partial charge on any atom is -0.494 e. The van der Waals surface area contributed by atoms with Gasteiger partial charge in [0.15, 0.2) is 5.76 Å². The maximum Gasteiger partial charge on any atom is 0.287 e. The zero-order chi connectivity index (χ0) is 25.5. The van der Waals surface area contributed by atoms with Crippen LogP contribution in [0.1, 0.15) is 41.1 Å². The van der Waals surface area contributed by atoms with Crippen LogP contribution in [-0.2, 0) is 14.6 Å². The Morgan fingerprint density at radius 3 is 2.39 bits per heavy atom. The highest BCUT2D eigenvalue weighted by atomic mass is 32.2. The monoisotopic (exact) mass is 512 g/mol. The van der Waals surface area contributed by atoms with E-state index in [1.807, 2.05) is 31.2 Å². The first-order valence-corrected chi connectivity index (χ1v) is 13.6. The number of sulfone groups is 1. The highest BCUT2D eigenvalue weighted by Crippen LogP contribution is 2.25. The summed E-state index contributed by atoms with van der Waals surface area (Å²) in [6, 6.07) is 17.0. The molecule has 1 unspecified atom stereocenters. The molecule has 1 aliphatic rings. The third-order valence-corrected chi connectivity index (χ3v) is 7.72. The molecule has 2 heterocycles. The lowest BCUT2D eigenvalue weighted by Crippen LogP contribution is -2.43. The maximum atomic E-state index is 12.9. The Balaban J connectivity index is 1.46. The fourth-order valence-corrected chi connectivity index (χ4v) is 5.22. The molecule has 0 saturated carbocycles. The van der Waals surface area contributed by atoms with Crippen molar-refractivity contribution in [1.29, 1.82) is 0 Å². The molecule has 4 rings (SSSR count). The van der Waals surface area contributed by atoms with Crippen LogP contribution in [0.2, 0.25) is 0 Å². The average molecular weight is 513 g/mol. The highest BCUT2D eigenvalue weighted by Gasteiger charge is 2.26. The van der Waals surface area contributed by atoms with Gasteiger partial charge >= 0.3 is 0 Å². The fourth-order valence-electron chi connectivity index (χ4n) is 4.05. The normalized spacial score (nSPS) is 15.4. The molecule has 1 aromatic heterocycles. The van der Waals surface area contributed by atoms with Crippen LogP contribution in [0.15, 0.2) is 75.1 Å². The molecular formula is C27H32N2O6S. The van der Waals surface area contributed by atoms with Crippen LogP contribution >= 0.6 is 0 Å². The Hall–Kier alpha value is -3.14. The van der Waals surface area contributed by atoms with Gasteiger partial charge in [-0.2, -0.15) is 0 Å². The summed E-state index contributed by atoms with van der Waals surface area (Å²) < 4.78 is 42.4. The number of amides is 1. The van der Waals surface area contributed by atoms with E-state index in [-0.39, 0.29) is 21.8 Å². The number of nitrogens with one attached hydrogen (secondary N) is 1. The minimum absolute atomic E-state index is 0.0512. The number of hydrogen-bond donors (Lipinski definition) is 1. The molecule has 9 heteroatoms. The van der Waals surface area contributed by atoms with E-state index in [9.17, 15) is 13.2 Å². The Kier molecular flexibility index (Phi) is 8.45. The summed E-state index contributed by atoms with van der Waals surface area (Å²) in [7, 11) is -3.85. The summed E-state index contributed by atoms with van der Waals surface area (Å²) in [5.74, 6) is 0.287. The second-order valence-electron chi connectivity index (χ2n) is 8.73. The van der Waals surface area contributed by atoms with E-state index >= 15 is 0 Å². The molecule has 2 aromatic carbocycles. The largest absolute Gasteiger partial charge is 0.494 e. The van der Waals surface area contributed by atoms with Crippen molar-refractivity contribution in [3.63, 3.8) is 0 Å². The van der Waals surface area contributed by atoms with Crippen LogP contribution in [0.25, 0.3) is 0 Å². The van der Waals surface area contributed by atoms with Gasteiger partial charge in [-0.25, -0.2) is 8.42 Å².